The van der Waals surface area contributed by atoms with E-state index in [1.54, 1.807) is 27.8 Å². The molecule has 0 radical (unpaired) electrons. The summed E-state index contributed by atoms with van der Waals surface area (Å²) in [6.07, 6.45) is 4.23. The van der Waals surface area contributed by atoms with Crippen LogP contribution in [0.4, 0.5) is 17.6 Å². The van der Waals surface area contributed by atoms with Gasteiger partial charge in [-0.2, -0.15) is 0 Å². The van der Waals surface area contributed by atoms with Crippen LogP contribution < -0.4 is 0 Å². The first-order valence-corrected chi connectivity index (χ1v) is 7.78. The van der Waals surface area contributed by atoms with Crippen molar-refractivity contribution in [1.29, 1.82) is 0 Å². The van der Waals surface area contributed by atoms with Gasteiger partial charge in [0.2, 0.25) is 0 Å². The second-order valence-electron chi connectivity index (χ2n) is 6.06. The fourth-order valence-corrected chi connectivity index (χ4v) is 2.33. The van der Waals surface area contributed by atoms with Gasteiger partial charge in [-0.3, -0.25) is 0 Å². The summed E-state index contributed by atoms with van der Waals surface area (Å²) in [5.74, 6) is -5.13. The molecule has 0 aliphatic heterocycles. The Balaban J connectivity index is 3.55. The van der Waals surface area contributed by atoms with Crippen LogP contribution in [0.5, 0.6) is 0 Å². The molecule has 0 aliphatic rings. The van der Waals surface area contributed by atoms with Crippen LogP contribution in [0.25, 0.3) is 6.08 Å². The highest BCUT2D eigenvalue weighted by Crippen LogP contribution is 2.36. The van der Waals surface area contributed by atoms with Crippen molar-refractivity contribution in [1.82, 2.24) is 0 Å². The minimum absolute atomic E-state index is 0.0705. The van der Waals surface area contributed by atoms with E-state index >= 15 is 0 Å². The van der Waals surface area contributed by atoms with Gasteiger partial charge in [0.25, 0.3) is 0 Å². The molecule has 1 aromatic rings. The van der Waals surface area contributed by atoms with Gasteiger partial charge in [-0.1, -0.05) is 59.1 Å². The smallest absolute Gasteiger partial charge is 0.169 e. The van der Waals surface area contributed by atoms with Gasteiger partial charge in [0.1, 0.15) is 7.85 Å². The summed E-state index contributed by atoms with van der Waals surface area (Å²) in [5.41, 5.74) is -1.14. The van der Waals surface area contributed by atoms with Gasteiger partial charge in [-0.25, -0.2) is 17.6 Å². The van der Waals surface area contributed by atoms with E-state index in [1.165, 1.54) is 0 Å². The Morgan fingerprint density at radius 3 is 1.77 bits per heavy atom. The standard InChI is InChI=1S/C17H23BF4/c1-5-10(4)8-9-11-13(19)15(21)12(16(22)14(11)20)17(18,6-2)7-3/h8-10H,5-7,18H2,1-4H3/b9-8+. The molecule has 1 rings (SSSR count). The van der Waals surface area contributed by atoms with Gasteiger partial charge in [-0.05, 0) is 11.2 Å². The predicted octanol–water partition coefficient (Wildman–Crippen LogP) is 4.95. The van der Waals surface area contributed by atoms with Crippen LogP contribution >= 0.6 is 0 Å². The third-order valence-electron chi connectivity index (χ3n) is 4.70. The molecule has 0 aromatic heterocycles. The van der Waals surface area contributed by atoms with E-state index in [2.05, 4.69) is 0 Å². The molecule has 0 fully saturated rings. The molecule has 0 amide bonds. The van der Waals surface area contributed by atoms with E-state index in [4.69, 9.17) is 0 Å². The van der Waals surface area contributed by atoms with Crippen LogP contribution in [0.1, 0.15) is 58.1 Å². The third kappa shape index (κ3) is 3.39. The van der Waals surface area contributed by atoms with E-state index in [9.17, 15) is 17.6 Å². The Hall–Kier alpha value is -1.26. The minimum Gasteiger partial charge on any atom is -0.203 e. The molecule has 0 nitrogen and oxygen atoms in total. The maximum absolute atomic E-state index is 14.4. The molecule has 0 N–H and O–H groups in total. The molecule has 0 heterocycles. The average Bonchev–Trinajstić information content (AvgIpc) is 2.52. The highest BCUT2D eigenvalue weighted by molar-refractivity contribution is 6.16. The van der Waals surface area contributed by atoms with Crippen LogP contribution in [0, 0.1) is 29.2 Å². The van der Waals surface area contributed by atoms with Crippen LogP contribution in [-0.2, 0) is 5.31 Å². The van der Waals surface area contributed by atoms with Gasteiger partial charge in [0, 0.05) is 5.56 Å². The van der Waals surface area contributed by atoms with Crippen molar-refractivity contribution >= 4 is 13.9 Å². The maximum atomic E-state index is 14.4. The zero-order valence-corrected chi connectivity index (χ0v) is 13.9. The molecule has 1 atom stereocenters. The number of halogens is 4. The minimum atomic E-state index is -1.32. The second kappa shape index (κ2) is 7.34. The summed E-state index contributed by atoms with van der Waals surface area (Å²) in [5, 5.41) is -0.936. The number of benzene rings is 1. The van der Waals surface area contributed by atoms with Crippen molar-refractivity contribution in [3.63, 3.8) is 0 Å². The first kappa shape index (κ1) is 18.8. The monoisotopic (exact) mass is 314 g/mol. The summed E-state index contributed by atoms with van der Waals surface area (Å²) in [6, 6.07) is 0. The van der Waals surface area contributed by atoms with E-state index < -0.39 is 39.7 Å². The van der Waals surface area contributed by atoms with Crippen molar-refractivity contribution in [3.8, 4) is 0 Å². The van der Waals surface area contributed by atoms with Gasteiger partial charge >= 0.3 is 0 Å². The zero-order valence-electron chi connectivity index (χ0n) is 13.9. The normalized spacial score (nSPS) is 13.8. The average molecular weight is 314 g/mol. The Bertz CT molecular complexity index is 533. The lowest BCUT2D eigenvalue weighted by molar-refractivity contribution is 0.403. The third-order valence-corrected chi connectivity index (χ3v) is 4.70. The molecule has 0 spiro atoms. The molecule has 0 aliphatic carbocycles. The summed E-state index contributed by atoms with van der Waals surface area (Å²) in [7, 11) is 1.61. The van der Waals surface area contributed by atoms with Gasteiger partial charge in [0.05, 0.1) is 5.56 Å². The first-order chi connectivity index (χ1) is 10.2. The maximum Gasteiger partial charge on any atom is 0.169 e. The van der Waals surface area contributed by atoms with Crippen molar-refractivity contribution < 1.29 is 17.6 Å². The largest absolute Gasteiger partial charge is 0.203 e. The van der Waals surface area contributed by atoms with Crippen LogP contribution in [0.2, 0.25) is 0 Å². The van der Waals surface area contributed by atoms with Crippen molar-refractivity contribution in [2.45, 2.75) is 52.3 Å². The quantitative estimate of drug-likeness (QED) is 0.396. The van der Waals surface area contributed by atoms with Crippen molar-refractivity contribution in [3.05, 3.63) is 40.5 Å². The Labute approximate surface area is 131 Å². The molecular formula is C17H23BF4. The molecule has 1 aromatic carbocycles. The van der Waals surface area contributed by atoms with E-state index in [1.807, 2.05) is 13.8 Å². The van der Waals surface area contributed by atoms with Gasteiger partial charge in [0.15, 0.2) is 23.3 Å². The lowest BCUT2D eigenvalue weighted by Crippen LogP contribution is -2.29. The molecule has 0 saturated heterocycles. The molecule has 122 valence electrons. The summed E-state index contributed by atoms with van der Waals surface area (Å²) >= 11 is 0. The lowest BCUT2D eigenvalue weighted by Gasteiger charge is -2.29. The molecule has 5 heteroatoms. The van der Waals surface area contributed by atoms with E-state index in [0.717, 1.165) is 12.5 Å². The van der Waals surface area contributed by atoms with E-state index in [-0.39, 0.29) is 5.92 Å². The Morgan fingerprint density at radius 2 is 1.41 bits per heavy atom. The highest BCUT2D eigenvalue weighted by atomic mass is 19.2. The fourth-order valence-electron chi connectivity index (χ4n) is 2.33. The molecule has 22 heavy (non-hydrogen) atoms. The zero-order chi connectivity index (χ0) is 17.1. The number of allylic oxidation sites excluding steroid dienone is 1. The number of hydrogen-bond donors (Lipinski definition) is 0. The van der Waals surface area contributed by atoms with Gasteiger partial charge < -0.3 is 0 Å². The number of rotatable bonds is 6. The van der Waals surface area contributed by atoms with Crippen molar-refractivity contribution in [2.75, 3.05) is 0 Å². The topological polar surface area (TPSA) is 0 Å². The van der Waals surface area contributed by atoms with Crippen LogP contribution in [0.15, 0.2) is 6.08 Å². The highest BCUT2D eigenvalue weighted by Gasteiger charge is 2.34. The first-order valence-electron chi connectivity index (χ1n) is 7.78. The van der Waals surface area contributed by atoms with Crippen LogP contribution in [0.3, 0.4) is 0 Å². The molecular weight excluding hydrogens is 291 g/mol. The summed E-state index contributed by atoms with van der Waals surface area (Å²) in [4.78, 5) is 0. The van der Waals surface area contributed by atoms with Crippen molar-refractivity contribution in [2.24, 2.45) is 5.92 Å². The fraction of sp³-hybridized carbons (Fsp3) is 0.529. The number of hydrogen-bond acceptors (Lipinski definition) is 0. The SMILES string of the molecule is BC(CC)(CC)c1c(F)c(F)c(/C=C/C(C)CC)c(F)c1F. The Kier molecular flexibility index (Phi) is 6.27. The summed E-state index contributed by atoms with van der Waals surface area (Å²) < 4.78 is 57.2. The second-order valence-corrected chi connectivity index (χ2v) is 6.06. The van der Waals surface area contributed by atoms with Crippen LogP contribution in [-0.4, -0.2) is 7.85 Å². The summed E-state index contributed by atoms with van der Waals surface area (Å²) in [6.45, 7) is 7.27. The van der Waals surface area contributed by atoms with Gasteiger partial charge in [-0.15, -0.1) is 0 Å². The molecule has 0 bridgehead atoms. The van der Waals surface area contributed by atoms with E-state index in [0.29, 0.717) is 12.8 Å². The predicted molar refractivity (Wildman–Crippen MR) is 85.6 cm³/mol. The molecule has 1 unspecified atom stereocenters. The Morgan fingerprint density at radius 1 is 0.955 bits per heavy atom. The lowest BCUT2D eigenvalue weighted by atomic mass is 9.60. The molecule has 0 saturated carbocycles.